The van der Waals surface area contributed by atoms with E-state index in [0.29, 0.717) is 17.6 Å². The summed E-state index contributed by atoms with van der Waals surface area (Å²) < 4.78 is 11.3. The first-order valence-corrected chi connectivity index (χ1v) is 9.30. The number of methoxy groups -OCH3 is 1. The Labute approximate surface area is 143 Å². The van der Waals surface area contributed by atoms with E-state index in [0.717, 1.165) is 36.3 Å². The second-order valence-corrected chi connectivity index (χ2v) is 7.73. The third-order valence-corrected chi connectivity index (χ3v) is 6.66. The van der Waals surface area contributed by atoms with E-state index in [1.165, 1.54) is 37.7 Å². The van der Waals surface area contributed by atoms with Crippen molar-refractivity contribution in [3.05, 3.63) is 28.8 Å². The molecule has 23 heavy (non-hydrogen) atoms. The molecule has 0 amide bonds. The monoisotopic (exact) mass is 335 g/mol. The van der Waals surface area contributed by atoms with Crippen LogP contribution in [0.4, 0.5) is 0 Å². The van der Waals surface area contributed by atoms with Crippen molar-refractivity contribution < 1.29 is 9.47 Å². The van der Waals surface area contributed by atoms with Crippen LogP contribution in [0.5, 0.6) is 5.75 Å². The highest BCUT2D eigenvalue weighted by atomic mass is 35.5. The van der Waals surface area contributed by atoms with Gasteiger partial charge in [0.25, 0.3) is 0 Å². The minimum Gasteiger partial charge on any atom is -0.497 e. The van der Waals surface area contributed by atoms with Gasteiger partial charge in [-0.1, -0.05) is 30.5 Å². The van der Waals surface area contributed by atoms with Crippen LogP contribution in [-0.4, -0.2) is 32.4 Å². The quantitative estimate of drug-likeness (QED) is 0.887. The van der Waals surface area contributed by atoms with Gasteiger partial charge in [-0.3, -0.25) is 0 Å². The lowest BCUT2D eigenvalue weighted by molar-refractivity contribution is -0.130. The van der Waals surface area contributed by atoms with Crippen molar-refractivity contribution in [2.45, 2.75) is 50.7 Å². The first-order chi connectivity index (χ1) is 11.2. The SMILES string of the molecule is COc1ccc(CCN[C@@H]2[C@@H]3CCO[C@H]3C23CCCC3)c(Cl)c1. The van der Waals surface area contributed by atoms with Gasteiger partial charge < -0.3 is 14.8 Å². The van der Waals surface area contributed by atoms with Crippen LogP contribution in [0.3, 0.4) is 0 Å². The zero-order valence-electron chi connectivity index (χ0n) is 13.8. The summed E-state index contributed by atoms with van der Waals surface area (Å²) in [5.41, 5.74) is 1.63. The standard InChI is InChI=1S/C19H26ClNO2/c1-22-14-5-4-13(16(20)12-14)6-10-21-17-15-7-11-23-18(15)19(17)8-2-3-9-19/h4-5,12,15,17-18,21H,2-3,6-11H2,1H3/t15-,17+,18+/m0/s1. The fourth-order valence-corrected chi connectivity index (χ4v) is 5.49. The molecule has 1 aromatic carbocycles. The average molecular weight is 336 g/mol. The van der Waals surface area contributed by atoms with Crippen LogP contribution in [0, 0.1) is 11.3 Å². The summed E-state index contributed by atoms with van der Waals surface area (Å²) in [5.74, 6) is 1.56. The fraction of sp³-hybridized carbons (Fsp3) is 0.684. The molecule has 0 bridgehead atoms. The summed E-state index contributed by atoms with van der Waals surface area (Å²) in [7, 11) is 1.67. The van der Waals surface area contributed by atoms with Crippen LogP contribution in [0.2, 0.25) is 5.02 Å². The summed E-state index contributed by atoms with van der Waals surface area (Å²) in [6.45, 7) is 1.95. The summed E-state index contributed by atoms with van der Waals surface area (Å²) >= 11 is 6.35. The van der Waals surface area contributed by atoms with Gasteiger partial charge in [-0.2, -0.15) is 0 Å². The van der Waals surface area contributed by atoms with Gasteiger partial charge >= 0.3 is 0 Å². The van der Waals surface area contributed by atoms with E-state index < -0.39 is 0 Å². The Balaban J connectivity index is 1.37. The summed E-state index contributed by atoms with van der Waals surface area (Å²) in [4.78, 5) is 0. The third-order valence-electron chi connectivity index (χ3n) is 6.30. The number of nitrogens with one attached hydrogen (secondary N) is 1. The van der Waals surface area contributed by atoms with Gasteiger partial charge in [0.1, 0.15) is 5.75 Å². The van der Waals surface area contributed by atoms with Gasteiger partial charge in [-0.05, 0) is 49.9 Å². The topological polar surface area (TPSA) is 30.5 Å². The summed E-state index contributed by atoms with van der Waals surface area (Å²) in [5, 5.41) is 4.66. The average Bonchev–Trinajstić information content (AvgIpc) is 3.21. The summed E-state index contributed by atoms with van der Waals surface area (Å²) in [6, 6.07) is 6.62. The highest BCUT2D eigenvalue weighted by molar-refractivity contribution is 6.31. The molecule has 2 saturated carbocycles. The van der Waals surface area contributed by atoms with Crippen LogP contribution in [0.15, 0.2) is 18.2 Å². The number of hydrogen-bond donors (Lipinski definition) is 1. The fourth-order valence-electron chi connectivity index (χ4n) is 5.23. The van der Waals surface area contributed by atoms with Crippen LogP contribution in [0.1, 0.15) is 37.7 Å². The molecule has 126 valence electrons. The van der Waals surface area contributed by atoms with Crippen molar-refractivity contribution in [2.75, 3.05) is 20.3 Å². The number of fused-ring (bicyclic) bond motifs is 2. The molecule has 1 N–H and O–H groups in total. The van der Waals surface area contributed by atoms with Crippen molar-refractivity contribution in [1.29, 1.82) is 0 Å². The van der Waals surface area contributed by atoms with Crippen LogP contribution in [-0.2, 0) is 11.2 Å². The van der Waals surface area contributed by atoms with Crippen LogP contribution < -0.4 is 10.1 Å². The predicted molar refractivity (Wildman–Crippen MR) is 92.2 cm³/mol. The van der Waals surface area contributed by atoms with Crippen molar-refractivity contribution in [2.24, 2.45) is 11.3 Å². The number of rotatable bonds is 5. The lowest BCUT2D eigenvalue weighted by atomic mass is 9.54. The van der Waals surface area contributed by atoms with Gasteiger partial charge in [0, 0.05) is 29.0 Å². The number of halogens is 1. The number of benzene rings is 1. The zero-order chi connectivity index (χ0) is 15.9. The summed E-state index contributed by atoms with van der Waals surface area (Å²) in [6.07, 6.45) is 8.15. The van der Waals surface area contributed by atoms with Gasteiger partial charge in [-0.15, -0.1) is 0 Å². The van der Waals surface area contributed by atoms with E-state index in [4.69, 9.17) is 21.1 Å². The van der Waals surface area contributed by atoms with E-state index in [-0.39, 0.29) is 0 Å². The van der Waals surface area contributed by atoms with Gasteiger partial charge in [0.2, 0.25) is 0 Å². The smallest absolute Gasteiger partial charge is 0.120 e. The molecule has 0 radical (unpaired) electrons. The zero-order valence-corrected chi connectivity index (χ0v) is 14.6. The van der Waals surface area contributed by atoms with Crippen LogP contribution >= 0.6 is 11.6 Å². The van der Waals surface area contributed by atoms with E-state index in [9.17, 15) is 0 Å². The predicted octanol–water partition coefficient (Wildman–Crippen LogP) is 3.83. The molecule has 4 heteroatoms. The Morgan fingerprint density at radius 3 is 2.91 bits per heavy atom. The molecular weight excluding hydrogens is 310 g/mol. The maximum Gasteiger partial charge on any atom is 0.120 e. The third kappa shape index (κ3) is 2.57. The molecule has 1 aromatic rings. The normalized spacial score (nSPS) is 31.1. The lowest BCUT2D eigenvalue weighted by Crippen LogP contribution is -2.67. The van der Waals surface area contributed by atoms with E-state index in [1.807, 2.05) is 12.1 Å². The van der Waals surface area contributed by atoms with Gasteiger partial charge in [-0.25, -0.2) is 0 Å². The molecular formula is C19H26ClNO2. The molecule has 4 rings (SSSR count). The Bertz CT molecular complexity index is 570. The van der Waals surface area contributed by atoms with Crippen LogP contribution in [0.25, 0.3) is 0 Å². The molecule has 3 aliphatic rings. The first kappa shape index (κ1) is 15.7. The minimum atomic E-state index is 0.435. The maximum absolute atomic E-state index is 6.35. The lowest BCUT2D eigenvalue weighted by Gasteiger charge is -2.57. The highest BCUT2D eigenvalue weighted by Crippen LogP contribution is 2.60. The first-order valence-electron chi connectivity index (χ1n) is 8.92. The maximum atomic E-state index is 6.35. The Morgan fingerprint density at radius 2 is 2.17 bits per heavy atom. The van der Waals surface area contributed by atoms with Crippen molar-refractivity contribution in [3.63, 3.8) is 0 Å². The van der Waals surface area contributed by atoms with E-state index in [1.54, 1.807) is 7.11 Å². The van der Waals surface area contributed by atoms with E-state index >= 15 is 0 Å². The second-order valence-electron chi connectivity index (χ2n) is 7.32. The molecule has 3 fully saturated rings. The van der Waals surface area contributed by atoms with E-state index in [2.05, 4.69) is 11.4 Å². The number of hydrogen-bond acceptors (Lipinski definition) is 3. The number of ether oxygens (including phenoxy) is 2. The van der Waals surface area contributed by atoms with Gasteiger partial charge in [0.15, 0.2) is 0 Å². The molecule has 1 aliphatic heterocycles. The largest absolute Gasteiger partial charge is 0.497 e. The van der Waals surface area contributed by atoms with Crippen molar-refractivity contribution >= 4 is 11.6 Å². The molecule has 0 unspecified atom stereocenters. The van der Waals surface area contributed by atoms with Crippen molar-refractivity contribution in [1.82, 2.24) is 5.32 Å². The molecule has 1 spiro atoms. The van der Waals surface area contributed by atoms with Crippen molar-refractivity contribution in [3.8, 4) is 5.75 Å². The molecule has 1 heterocycles. The minimum absolute atomic E-state index is 0.435. The molecule has 1 saturated heterocycles. The highest BCUT2D eigenvalue weighted by Gasteiger charge is 2.64. The Morgan fingerprint density at radius 1 is 1.35 bits per heavy atom. The Kier molecular flexibility index (Phi) is 4.29. The Hall–Kier alpha value is -0.770. The molecule has 0 aromatic heterocycles. The molecule has 3 atom stereocenters. The van der Waals surface area contributed by atoms with Gasteiger partial charge in [0.05, 0.1) is 13.2 Å². The second kappa shape index (κ2) is 6.27. The molecule has 3 nitrogen and oxygen atoms in total. The molecule has 2 aliphatic carbocycles.